The summed E-state index contributed by atoms with van der Waals surface area (Å²) in [5, 5.41) is 10.1. The Hall–Kier alpha value is -2.05. The fourth-order valence-electron chi connectivity index (χ4n) is 2.56. The van der Waals surface area contributed by atoms with Gasteiger partial charge in [-0.05, 0) is 46.4 Å². The molecule has 1 unspecified atom stereocenters. The molecule has 7 heteroatoms. The fraction of sp³-hybridized carbons (Fsp3) is 0.474. The first kappa shape index (κ1) is 22.0. The Kier molecular flexibility index (Phi) is 7.66. The summed E-state index contributed by atoms with van der Waals surface area (Å²) in [6.45, 7) is 8.46. The van der Waals surface area contributed by atoms with E-state index in [1.165, 1.54) is 0 Å². The Balaban J connectivity index is 0.00000338. The highest BCUT2D eigenvalue weighted by atomic mass is 35.5. The first-order valence-corrected chi connectivity index (χ1v) is 8.41. The van der Waals surface area contributed by atoms with Crippen LogP contribution in [0, 0.1) is 6.92 Å². The van der Waals surface area contributed by atoms with E-state index in [2.05, 4.69) is 15.7 Å². The van der Waals surface area contributed by atoms with Crippen LogP contribution in [-0.4, -0.2) is 28.3 Å². The highest BCUT2D eigenvalue weighted by Gasteiger charge is 2.21. The van der Waals surface area contributed by atoms with Crippen LogP contribution >= 0.6 is 12.4 Å². The molecule has 0 saturated carbocycles. The molecule has 0 aliphatic carbocycles. The van der Waals surface area contributed by atoms with Crippen LogP contribution in [0.3, 0.4) is 0 Å². The fourth-order valence-corrected chi connectivity index (χ4v) is 2.56. The van der Waals surface area contributed by atoms with E-state index >= 15 is 0 Å². The summed E-state index contributed by atoms with van der Waals surface area (Å²) in [6.07, 6.45) is 3.53. The van der Waals surface area contributed by atoms with Crippen molar-refractivity contribution < 1.29 is 9.53 Å². The topological polar surface area (TPSA) is 68.2 Å². The van der Waals surface area contributed by atoms with Gasteiger partial charge in [-0.15, -0.1) is 12.4 Å². The number of aromatic nitrogens is 2. The Morgan fingerprint density at radius 3 is 2.58 bits per heavy atom. The number of aryl methyl sites for hydroxylation is 2. The summed E-state index contributed by atoms with van der Waals surface area (Å²) < 4.78 is 7.72. The first-order chi connectivity index (χ1) is 11.7. The van der Waals surface area contributed by atoms with E-state index < -0.39 is 6.04 Å². The van der Waals surface area contributed by atoms with Crippen LogP contribution in [0.25, 0.3) is 0 Å². The molecule has 1 aromatic heterocycles. The molecule has 6 nitrogen and oxygen atoms in total. The maximum Gasteiger partial charge on any atom is 0.242 e. The molecular formula is C19H29ClN4O2. The number of amides is 1. The number of benzene rings is 1. The third-order valence-corrected chi connectivity index (χ3v) is 3.70. The molecule has 26 heavy (non-hydrogen) atoms. The standard InChI is InChI=1S/C19H28N4O2.ClH/c1-13-7-8-14(16(9-13)25-19(2,3)4)10-21-18(24)17(20-5)15-11-22-23(6)12-15;/h7-9,11-12,17,20H,10H2,1-6H3,(H,21,24);1H. The summed E-state index contributed by atoms with van der Waals surface area (Å²) >= 11 is 0. The van der Waals surface area contributed by atoms with E-state index in [-0.39, 0.29) is 23.9 Å². The highest BCUT2D eigenvalue weighted by molar-refractivity contribution is 5.85. The number of halogens is 1. The number of carbonyl (C=O) groups excluding carboxylic acids is 1. The van der Waals surface area contributed by atoms with Crippen LogP contribution in [0.4, 0.5) is 0 Å². The largest absolute Gasteiger partial charge is 0.488 e. The number of rotatable bonds is 6. The van der Waals surface area contributed by atoms with Gasteiger partial charge in [0.1, 0.15) is 17.4 Å². The molecule has 0 saturated heterocycles. The minimum absolute atomic E-state index is 0. The van der Waals surface area contributed by atoms with Crippen molar-refractivity contribution in [2.45, 2.75) is 45.9 Å². The highest BCUT2D eigenvalue weighted by Crippen LogP contribution is 2.25. The molecule has 1 heterocycles. The van der Waals surface area contributed by atoms with E-state index in [1.807, 2.05) is 59.1 Å². The average Bonchev–Trinajstić information content (AvgIpc) is 2.92. The van der Waals surface area contributed by atoms with Crippen LogP contribution in [0.15, 0.2) is 30.6 Å². The predicted octanol–water partition coefficient (Wildman–Crippen LogP) is 2.90. The predicted molar refractivity (Wildman–Crippen MR) is 106 cm³/mol. The number of nitrogens with one attached hydrogen (secondary N) is 2. The van der Waals surface area contributed by atoms with Crippen molar-refractivity contribution >= 4 is 18.3 Å². The Morgan fingerprint density at radius 2 is 2.04 bits per heavy atom. The summed E-state index contributed by atoms with van der Waals surface area (Å²) in [6, 6.07) is 5.58. The van der Waals surface area contributed by atoms with Crippen molar-refractivity contribution in [2.24, 2.45) is 7.05 Å². The van der Waals surface area contributed by atoms with Gasteiger partial charge < -0.3 is 15.4 Å². The van der Waals surface area contributed by atoms with Gasteiger partial charge in [-0.2, -0.15) is 5.10 Å². The summed E-state index contributed by atoms with van der Waals surface area (Å²) in [4.78, 5) is 12.6. The van der Waals surface area contributed by atoms with Crippen LogP contribution in [-0.2, 0) is 18.4 Å². The van der Waals surface area contributed by atoms with Gasteiger partial charge in [0.25, 0.3) is 0 Å². The Bertz CT molecular complexity index is 737. The molecule has 144 valence electrons. The minimum atomic E-state index is -0.439. The van der Waals surface area contributed by atoms with Crippen molar-refractivity contribution in [3.63, 3.8) is 0 Å². The molecule has 0 aliphatic rings. The number of likely N-dealkylation sites (N-methyl/N-ethyl adjacent to an activating group) is 1. The molecular weight excluding hydrogens is 352 g/mol. The van der Waals surface area contributed by atoms with Crippen molar-refractivity contribution in [1.82, 2.24) is 20.4 Å². The summed E-state index contributed by atoms with van der Waals surface area (Å²) in [5.41, 5.74) is 2.61. The lowest BCUT2D eigenvalue weighted by Gasteiger charge is -2.24. The van der Waals surface area contributed by atoms with E-state index in [1.54, 1.807) is 17.9 Å². The molecule has 1 amide bonds. The van der Waals surface area contributed by atoms with Crippen LogP contribution < -0.4 is 15.4 Å². The zero-order valence-corrected chi connectivity index (χ0v) is 17.1. The molecule has 2 rings (SSSR count). The van der Waals surface area contributed by atoms with Gasteiger partial charge in [0.15, 0.2) is 0 Å². The van der Waals surface area contributed by atoms with E-state index in [9.17, 15) is 4.79 Å². The van der Waals surface area contributed by atoms with Crippen LogP contribution in [0.2, 0.25) is 0 Å². The average molecular weight is 381 g/mol. The molecule has 0 aliphatic heterocycles. The summed E-state index contributed by atoms with van der Waals surface area (Å²) in [5.74, 6) is 0.702. The normalized spacial score (nSPS) is 12.2. The van der Waals surface area contributed by atoms with E-state index in [0.717, 1.165) is 22.4 Å². The lowest BCUT2D eigenvalue weighted by atomic mass is 10.1. The molecule has 1 aromatic carbocycles. The van der Waals surface area contributed by atoms with Crippen molar-refractivity contribution in [1.29, 1.82) is 0 Å². The third kappa shape index (κ3) is 6.04. The second-order valence-corrected chi connectivity index (χ2v) is 7.21. The zero-order chi connectivity index (χ0) is 18.6. The molecule has 0 radical (unpaired) electrons. The lowest BCUT2D eigenvalue weighted by molar-refractivity contribution is -0.123. The second-order valence-electron chi connectivity index (χ2n) is 7.21. The lowest BCUT2D eigenvalue weighted by Crippen LogP contribution is -2.35. The molecule has 1 atom stereocenters. The number of hydrogen-bond donors (Lipinski definition) is 2. The second kappa shape index (κ2) is 9.05. The van der Waals surface area contributed by atoms with Gasteiger partial charge in [-0.3, -0.25) is 9.48 Å². The van der Waals surface area contributed by atoms with Gasteiger partial charge in [0, 0.05) is 30.9 Å². The zero-order valence-electron chi connectivity index (χ0n) is 16.3. The van der Waals surface area contributed by atoms with Crippen molar-refractivity contribution in [3.05, 3.63) is 47.3 Å². The number of hydrogen-bond acceptors (Lipinski definition) is 4. The number of carbonyl (C=O) groups is 1. The first-order valence-electron chi connectivity index (χ1n) is 8.41. The molecule has 2 N–H and O–H groups in total. The quantitative estimate of drug-likeness (QED) is 0.808. The minimum Gasteiger partial charge on any atom is -0.488 e. The molecule has 2 aromatic rings. The van der Waals surface area contributed by atoms with Gasteiger partial charge in [-0.25, -0.2) is 0 Å². The van der Waals surface area contributed by atoms with E-state index in [0.29, 0.717) is 6.54 Å². The van der Waals surface area contributed by atoms with Crippen LogP contribution in [0.5, 0.6) is 5.75 Å². The van der Waals surface area contributed by atoms with Gasteiger partial charge in [0.05, 0.1) is 6.20 Å². The maximum absolute atomic E-state index is 12.6. The number of nitrogens with zero attached hydrogens (tertiary/aromatic N) is 2. The van der Waals surface area contributed by atoms with Crippen molar-refractivity contribution in [2.75, 3.05) is 7.05 Å². The molecule has 0 spiro atoms. The molecule has 0 fully saturated rings. The smallest absolute Gasteiger partial charge is 0.242 e. The van der Waals surface area contributed by atoms with Crippen LogP contribution in [0.1, 0.15) is 43.5 Å². The molecule has 0 bridgehead atoms. The SMILES string of the molecule is CNC(C(=O)NCc1ccc(C)cc1OC(C)(C)C)c1cnn(C)c1.Cl. The maximum atomic E-state index is 12.6. The van der Waals surface area contributed by atoms with Gasteiger partial charge >= 0.3 is 0 Å². The van der Waals surface area contributed by atoms with Gasteiger partial charge in [0.2, 0.25) is 5.91 Å². The summed E-state index contributed by atoms with van der Waals surface area (Å²) in [7, 11) is 3.59. The Labute approximate surface area is 161 Å². The Morgan fingerprint density at radius 1 is 1.35 bits per heavy atom. The van der Waals surface area contributed by atoms with E-state index in [4.69, 9.17) is 4.74 Å². The third-order valence-electron chi connectivity index (χ3n) is 3.70. The van der Waals surface area contributed by atoms with Gasteiger partial charge in [-0.1, -0.05) is 12.1 Å². The number of ether oxygens (including phenoxy) is 1. The van der Waals surface area contributed by atoms with Crippen molar-refractivity contribution in [3.8, 4) is 5.75 Å². The monoisotopic (exact) mass is 380 g/mol.